The second kappa shape index (κ2) is 9.96. The first-order valence-electron chi connectivity index (χ1n) is 5.91. The van der Waals surface area contributed by atoms with Crippen LogP contribution in [0.3, 0.4) is 0 Å². The zero-order chi connectivity index (χ0) is 14.3. The number of nitrogens with one attached hydrogen (secondary N) is 2. The Kier molecular flexibility index (Phi) is 10.7. The normalized spacial score (nSPS) is 13.4. The van der Waals surface area contributed by atoms with Gasteiger partial charge in [-0.25, -0.2) is 10.5 Å². The molecule has 0 spiro atoms. The van der Waals surface area contributed by atoms with Crippen LogP contribution in [0, 0.1) is 5.92 Å². The molecule has 114 valence electrons. The monoisotopic (exact) mass is 296 g/mol. The summed E-state index contributed by atoms with van der Waals surface area (Å²) in [6.45, 7) is 5.57. The van der Waals surface area contributed by atoms with Gasteiger partial charge in [0.1, 0.15) is 6.04 Å². The van der Waals surface area contributed by atoms with Crippen LogP contribution < -0.4 is 16.6 Å². The maximum Gasteiger partial charge on any atom is 0.268 e. The summed E-state index contributed by atoms with van der Waals surface area (Å²) in [5, 5.41) is 3.77. The average molecular weight is 297 g/mol. The minimum Gasteiger partial charge on any atom is -0.343 e. The third-order valence-electron chi connectivity index (χ3n) is 2.55. The third-order valence-corrected chi connectivity index (χ3v) is 2.55. The molecule has 8 heteroatoms. The number of hydrogen-bond acceptors (Lipinski definition) is 5. The Morgan fingerprint density at radius 3 is 2.21 bits per heavy atom. The van der Waals surface area contributed by atoms with E-state index in [9.17, 15) is 9.59 Å². The number of hydrogen-bond donors (Lipinski definition) is 3. The zero-order valence-corrected chi connectivity index (χ0v) is 12.9. The van der Waals surface area contributed by atoms with E-state index in [-0.39, 0.29) is 30.1 Å². The lowest BCUT2D eigenvalue weighted by Crippen LogP contribution is -2.53. The summed E-state index contributed by atoms with van der Waals surface area (Å²) in [5.41, 5.74) is 2.34. The van der Waals surface area contributed by atoms with Gasteiger partial charge in [-0.05, 0) is 19.3 Å². The van der Waals surface area contributed by atoms with Crippen LogP contribution in [0.5, 0.6) is 0 Å². The Labute approximate surface area is 120 Å². The van der Waals surface area contributed by atoms with E-state index < -0.39 is 12.1 Å². The standard InChI is InChI=1S/C11H24N4O3.ClH/c1-7(2)6-9(11(17)15(4)18-5)13-10(16)8(3)14-12;/h7-9,14H,6,12H2,1-5H3,(H,13,16);1H/t8-,9-;/m0./s1. The van der Waals surface area contributed by atoms with Crippen molar-refractivity contribution in [3.8, 4) is 0 Å². The highest BCUT2D eigenvalue weighted by molar-refractivity contribution is 5.89. The van der Waals surface area contributed by atoms with Gasteiger partial charge in [-0.1, -0.05) is 13.8 Å². The highest BCUT2D eigenvalue weighted by Gasteiger charge is 2.26. The molecule has 0 aliphatic carbocycles. The van der Waals surface area contributed by atoms with Gasteiger partial charge in [0.25, 0.3) is 5.91 Å². The van der Waals surface area contributed by atoms with Gasteiger partial charge in [0.05, 0.1) is 13.2 Å². The molecule has 0 heterocycles. The molecule has 0 aliphatic heterocycles. The summed E-state index contributed by atoms with van der Waals surface area (Å²) in [7, 11) is 2.91. The summed E-state index contributed by atoms with van der Waals surface area (Å²) in [5.74, 6) is 4.84. The molecule has 0 aromatic heterocycles. The summed E-state index contributed by atoms with van der Waals surface area (Å²) in [4.78, 5) is 28.5. The number of hydrazine groups is 1. The third kappa shape index (κ3) is 7.31. The lowest BCUT2D eigenvalue weighted by Gasteiger charge is -2.25. The van der Waals surface area contributed by atoms with Gasteiger partial charge in [-0.3, -0.25) is 20.3 Å². The average Bonchev–Trinajstić information content (AvgIpc) is 2.34. The van der Waals surface area contributed by atoms with E-state index >= 15 is 0 Å². The van der Waals surface area contributed by atoms with Gasteiger partial charge in [0.15, 0.2) is 0 Å². The van der Waals surface area contributed by atoms with Gasteiger partial charge >= 0.3 is 0 Å². The van der Waals surface area contributed by atoms with Crippen molar-refractivity contribution in [1.29, 1.82) is 0 Å². The van der Waals surface area contributed by atoms with Crippen LogP contribution in [-0.4, -0.2) is 43.1 Å². The zero-order valence-electron chi connectivity index (χ0n) is 12.1. The van der Waals surface area contributed by atoms with Crippen molar-refractivity contribution < 1.29 is 14.4 Å². The quantitative estimate of drug-likeness (QED) is 0.447. The lowest BCUT2D eigenvalue weighted by molar-refractivity contribution is -0.172. The number of amides is 2. The molecular formula is C11H25ClN4O3. The SMILES string of the molecule is CON(C)C(=O)[C@H](CC(C)C)NC(=O)[C@H](C)NN.Cl. The van der Waals surface area contributed by atoms with Gasteiger partial charge in [-0.2, -0.15) is 0 Å². The number of carbonyl (C=O) groups is 2. The fraction of sp³-hybridized carbons (Fsp3) is 0.818. The molecule has 19 heavy (non-hydrogen) atoms. The largest absolute Gasteiger partial charge is 0.343 e. The number of likely N-dealkylation sites (N-methyl/N-ethyl adjacent to an activating group) is 1. The van der Waals surface area contributed by atoms with Crippen molar-refractivity contribution in [3.05, 3.63) is 0 Å². The number of rotatable bonds is 7. The highest BCUT2D eigenvalue weighted by atomic mass is 35.5. The maximum atomic E-state index is 12.0. The van der Waals surface area contributed by atoms with E-state index in [0.717, 1.165) is 5.06 Å². The number of nitrogens with two attached hydrogens (primary N) is 1. The minimum absolute atomic E-state index is 0. The first kappa shape index (κ1) is 20.4. The first-order valence-corrected chi connectivity index (χ1v) is 5.91. The van der Waals surface area contributed by atoms with E-state index in [1.807, 2.05) is 13.8 Å². The second-order valence-electron chi connectivity index (χ2n) is 4.60. The molecule has 0 aliphatic rings. The van der Waals surface area contributed by atoms with Gasteiger partial charge < -0.3 is 5.32 Å². The molecule has 7 nitrogen and oxygen atoms in total. The molecular weight excluding hydrogens is 272 g/mol. The number of halogens is 1. The molecule has 0 fully saturated rings. The van der Waals surface area contributed by atoms with Crippen molar-refractivity contribution >= 4 is 24.2 Å². The van der Waals surface area contributed by atoms with Crippen molar-refractivity contribution in [3.63, 3.8) is 0 Å². The summed E-state index contributed by atoms with van der Waals surface area (Å²) >= 11 is 0. The van der Waals surface area contributed by atoms with Crippen LogP contribution in [0.1, 0.15) is 27.2 Å². The topological polar surface area (TPSA) is 96.7 Å². The molecule has 0 aromatic carbocycles. The van der Waals surface area contributed by atoms with Crippen LogP contribution >= 0.6 is 12.4 Å². The van der Waals surface area contributed by atoms with E-state index in [2.05, 4.69) is 10.7 Å². The van der Waals surface area contributed by atoms with Crippen LogP contribution in [0.4, 0.5) is 0 Å². The van der Waals surface area contributed by atoms with E-state index in [1.165, 1.54) is 14.2 Å². The van der Waals surface area contributed by atoms with Gasteiger partial charge in [0.2, 0.25) is 5.91 Å². The van der Waals surface area contributed by atoms with Crippen molar-refractivity contribution in [1.82, 2.24) is 15.8 Å². The molecule has 2 amide bonds. The summed E-state index contributed by atoms with van der Waals surface area (Å²) < 4.78 is 0. The van der Waals surface area contributed by atoms with Gasteiger partial charge in [-0.15, -0.1) is 12.4 Å². The number of carbonyl (C=O) groups excluding carboxylic acids is 2. The van der Waals surface area contributed by atoms with Gasteiger partial charge in [0, 0.05) is 7.05 Å². The molecule has 0 radical (unpaired) electrons. The molecule has 2 atom stereocenters. The predicted molar refractivity (Wildman–Crippen MR) is 75.2 cm³/mol. The fourth-order valence-corrected chi connectivity index (χ4v) is 1.37. The van der Waals surface area contributed by atoms with Crippen LogP contribution in [-0.2, 0) is 14.4 Å². The second-order valence-corrected chi connectivity index (χ2v) is 4.60. The Morgan fingerprint density at radius 2 is 1.84 bits per heavy atom. The Hall–Kier alpha value is -0.890. The smallest absolute Gasteiger partial charge is 0.268 e. The maximum absolute atomic E-state index is 12.0. The van der Waals surface area contributed by atoms with Crippen molar-refractivity contribution in [2.75, 3.05) is 14.2 Å². The van der Waals surface area contributed by atoms with Crippen molar-refractivity contribution in [2.24, 2.45) is 11.8 Å². The van der Waals surface area contributed by atoms with Crippen molar-refractivity contribution in [2.45, 2.75) is 39.3 Å². The molecule has 0 bridgehead atoms. The van der Waals surface area contributed by atoms with Crippen LogP contribution in [0.2, 0.25) is 0 Å². The first-order chi connectivity index (χ1) is 8.33. The Bertz CT molecular complexity index is 289. The molecule has 0 aromatic rings. The van der Waals surface area contributed by atoms with E-state index in [0.29, 0.717) is 6.42 Å². The highest BCUT2D eigenvalue weighted by Crippen LogP contribution is 2.07. The molecule has 0 rings (SSSR count). The Balaban J connectivity index is 0. The molecule has 0 saturated carbocycles. The molecule has 0 saturated heterocycles. The lowest BCUT2D eigenvalue weighted by atomic mass is 10.0. The predicted octanol–water partition coefficient (Wildman–Crippen LogP) is -0.189. The number of hydroxylamine groups is 2. The van der Waals surface area contributed by atoms with Crippen LogP contribution in [0.15, 0.2) is 0 Å². The molecule has 4 N–H and O–H groups in total. The minimum atomic E-state index is -0.613. The van der Waals surface area contributed by atoms with E-state index in [4.69, 9.17) is 10.7 Å². The summed E-state index contributed by atoms with van der Waals surface area (Å²) in [6.07, 6.45) is 0.537. The summed E-state index contributed by atoms with van der Waals surface area (Å²) in [6, 6.07) is -1.17. The fourth-order valence-electron chi connectivity index (χ4n) is 1.37. The number of nitrogens with zero attached hydrogens (tertiary/aromatic N) is 1. The molecule has 0 unspecified atom stereocenters. The Morgan fingerprint density at radius 1 is 1.32 bits per heavy atom. The van der Waals surface area contributed by atoms with Crippen LogP contribution in [0.25, 0.3) is 0 Å². The van der Waals surface area contributed by atoms with E-state index in [1.54, 1.807) is 6.92 Å².